The summed E-state index contributed by atoms with van der Waals surface area (Å²) >= 11 is 0. The van der Waals surface area contributed by atoms with Crippen molar-refractivity contribution in [2.24, 2.45) is 0 Å². The van der Waals surface area contributed by atoms with E-state index in [-0.39, 0.29) is 18.5 Å². The fourth-order valence-electron chi connectivity index (χ4n) is 2.90. The third-order valence-electron chi connectivity index (χ3n) is 4.04. The summed E-state index contributed by atoms with van der Waals surface area (Å²) in [6.07, 6.45) is 4.44. The van der Waals surface area contributed by atoms with Crippen LogP contribution < -0.4 is 4.72 Å². The van der Waals surface area contributed by atoms with Gasteiger partial charge in [-0.1, -0.05) is 5.16 Å². The number of rotatable bonds is 4. The Balaban J connectivity index is 1.86. The summed E-state index contributed by atoms with van der Waals surface area (Å²) in [4.78, 5) is 18.6. The third kappa shape index (κ3) is 3.20. The molecule has 0 bridgehead atoms. The quantitative estimate of drug-likeness (QED) is 0.843. The van der Waals surface area contributed by atoms with Crippen molar-refractivity contribution in [3.05, 3.63) is 35.2 Å². The van der Waals surface area contributed by atoms with Crippen molar-refractivity contribution in [3.63, 3.8) is 0 Å². The lowest BCUT2D eigenvalue weighted by Gasteiger charge is -2.34. The Kier molecular flexibility index (Phi) is 4.18. The average molecular weight is 353 g/mol. The van der Waals surface area contributed by atoms with Crippen LogP contribution in [0.4, 0.5) is 0 Å². The van der Waals surface area contributed by atoms with Crippen LogP contribution in [-0.2, 0) is 16.6 Å². The van der Waals surface area contributed by atoms with Gasteiger partial charge in [-0.3, -0.25) is 4.79 Å². The number of sulfonamides is 1. The molecule has 1 N–H and O–H groups in total. The molecule has 10 heteroatoms. The first-order chi connectivity index (χ1) is 11.3. The topological polar surface area (TPSA) is 110 Å². The molecule has 2 aromatic rings. The average Bonchev–Trinajstić information content (AvgIpc) is 3.10. The molecule has 1 atom stereocenters. The van der Waals surface area contributed by atoms with Gasteiger partial charge in [0.25, 0.3) is 5.91 Å². The second kappa shape index (κ2) is 6.02. The lowest BCUT2D eigenvalue weighted by molar-refractivity contribution is 0.0678. The van der Waals surface area contributed by atoms with Gasteiger partial charge < -0.3 is 14.0 Å². The van der Waals surface area contributed by atoms with Crippen molar-refractivity contribution in [2.45, 2.75) is 26.4 Å². The Morgan fingerprint density at radius 1 is 1.46 bits per heavy atom. The Morgan fingerprint density at radius 2 is 2.21 bits per heavy atom. The van der Waals surface area contributed by atoms with Crippen LogP contribution in [0.3, 0.4) is 0 Å². The summed E-state index contributed by atoms with van der Waals surface area (Å²) in [5.74, 6) is 0.297. The van der Waals surface area contributed by atoms with Crippen LogP contribution >= 0.6 is 0 Å². The summed E-state index contributed by atoms with van der Waals surface area (Å²) in [5, 5.41) is 3.82. The van der Waals surface area contributed by atoms with Gasteiger partial charge in [0.15, 0.2) is 0 Å². The van der Waals surface area contributed by atoms with E-state index in [9.17, 15) is 13.2 Å². The molecule has 3 heterocycles. The van der Waals surface area contributed by atoms with E-state index in [2.05, 4.69) is 14.9 Å². The zero-order valence-corrected chi connectivity index (χ0v) is 14.5. The summed E-state index contributed by atoms with van der Waals surface area (Å²) in [5.41, 5.74) is 1.85. The van der Waals surface area contributed by atoms with E-state index in [0.717, 1.165) is 11.9 Å². The fourth-order valence-corrected chi connectivity index (χ4v) is 3.39. The maximum absolute atomic E-state index is 12.8. The lowest BCUT2D eigenvalue weighted by Crippen LogP contribution is -2.44. The van der Waals surface area contributed by atoms with E-state index in [1.54, 1.807) is 31.3 Å². The van der Waals surface area contributed by atoms with E-state index in [4.69, 9.17) is 4.52 Å². The molecule has 0 saturated heterocycles. The van der Waals surface area contributed by atoms with E-state index >= 15 is 0 Å². The fraction of sp³-hybridized carbons (Fsp3) is 0.500. The lowest BCUT2D eigenvalue weighted by atomic mass is 10.1. The summed E-state index contributed by atoms with van der Waals surface area (Å²) in [7, 11) is -3.32. The minimum absolute atomic E-state index is 0.178. The molecule has 2 aromatic heterocycles. The maximum Gasteiger partial charge on any atom is 0.259 e. The first-order valence-electron chi connectivity index (χ1n) is 7.43. The number of nitrogens with one attached hydrogen (secondary N) is 1. The predicted octanol–water partition coefficient (Wildman–Crippen LogP) is 0.234. The molecule has 0 aliphatic carbocycles. The van der Waals surface area contributed by atoms with Crippen LogP contribution in [0.15, 0.2) is 17.0 Å². The van der Waals surface area contributed by atoms with Gasteiger partial charge in [0, 0.05) is 19.3 Å². The highest BCUT2D eigenvalue weighted by Crippen LogP contribution is 2.24. The predicted molar refractivity (Wildman–Crippen MR) is 84.8 cm³/mol. The van der Waals surface area contributed by atoms with E-state index in [1.165, 1.54) is 0 Å². The minimum atomic E-state index is -3.32. The van der Waals surface area contributed by atoms with Crippen LogP contribution in [0.2, 0.25) is 0 Å². The number of aromatic nitrogens is 3. The molecule has 9 nitrogen and oxygen atoms in total. The molecule has 0 saturated carbocycles. The Morgan fingerprint density at radius 3 is 2.83 bits per heavy atom. The van der Waals surface area contributed by atoms with Gasteiger partial charge in [0.05, 0.1) is 36.6 Å². The second-order valence-electron chi connectivity index (χ2n) is 5.95. The first kappa shape index (κ1) is 16.7. The molecule has 1 aliphatic heterocycles. The molecule has 0 unspecified atom stereocenters. The van der Waals surface area contributed by atoms with Crippen LogP contribution in [-0.4, -0.2) is 53.3 Å². The van der Waals surface area contributed by atoms with E-state index < -0.39 is 10.0 Å². The van der Waals surface area contributed by atoms with Gasteiger partial charge in [0.1, 0.15) is 11.3 Å². The van der Waals surface area contributed by atoms with Gasteiger partial charge in [-0.2, -0.15) is 0 Å². The normalized spacial score (nSPS) is 17.8. The number of aryl methyl sites for hydroxylation is 2. The maximum atomic E-state index is 12.8. The number of carbonyl (C=O) groups is 1. The zero-order valence-electron chi connectivity index (χ0n) is 13.7. The monoisotopic (exact) mass is 353 g/mol. The van der Waals surface area contributed by atoms with Gasteiger partial charge in [0.2, 0.25) is 10.0 Å². The number of hydrogen-bond acceptors (Lipinski definition) is 6. The Labute approximate surface area is 139 Å². The molecule has 1 amide bonds. The van der Waals surface area contributed by atoms with E-state index in [0.29, 0.717) is 30.1 Å². The number of fused-ring (bicyclic) bond motifs is 1. The van der Waals surface area contributed by atoms with Crippen LogP contribution in [0, 0.1) is 13.8 Å². The number of hydrogen-bond donors (Lipinski definition) is 1. The number of amides is 1. The van der Waals surface area contributed by atoms with Gasteiger partial charge in [-0.05, 0) is 13.8 Å². The largest absolute Gasteiger partial charge is 0.361 e. The highest BCUT2D eigenvalue weighted by Gasteiger charge is 2.31. The molecular formula is C14H19N5O4S. The van der Waals surface area contributed by atoms with Crippen molar-refractivity contribution < 1.29 is 17.7 Å². The molecule has 130 valence electrons. The SMILES string of the molecule is Cc1noc(C)c1C(=O)N1Cc2cncn2[C@@H](CNS(C)(=O)=O)C1. The van der Waals surface area contributed by atoms with Gasteiger partial charge in [-0.15, -0.1) is 0 Å². The summed E-state index contributed by atoms with van der Waals surface area (Å²) < 4.78 is 32.2. The number of carbonyl (C=O) groups excluding carboxylic acids is 1. The summed E-state index contributed by atoms with van der Waals surface area (Å²) in [6, 6.07) is -0.226. The number of imidazole rings is 1. The van der Waals surface area contributed by atoms with Crippen molar-refractivity contribution in [3.8, 4) is 0 Å². The third-order valence-corrected chi connectivity index (χ3v) is 4.73. The van der Waals surface area contributed by atoms with Crippen LogP contribution in [0.25, 0.3) is 0 Å². The molecule has 0 radical (unpaired) electrons. The number of nitrogens with zero attached hydrogens (tertiary/aromatic N) is 4. The van der Waals surface area contributed by atoms with Gasteiger partial charge >= 0.3 is 0 Å². The van der Waals surface area contributed by atoms with Crippen molar-refractivity contribution in [1.82, 2.24) is 24.3 Å². The van der Waals surface area contributed by atoms with Crippen molar-refractivity contribution in [2.75, 3.05) is 19.3 Å². The van der Waals surface area contributed by atoms with E-state index in [1.807, 2.05) is 4.57 Å². The standard InChI is InChI=1S/C14H19N5O4S/c1-9-13(10(2)23-17-9)14(20)18-6-11-4-15-8-19(11)12(7-18)5-16-24(3,21)22/h4,8,12,16H,5-7H2,1-3H3/t12-/m0/s1. The van der Waals surface area contributed by atoms with Gasteiger partial charge in [-0.25, -0.2) is 18.1 Å². The molecule has 3 rings (SSSR count). The molecule has 0 spiro atoms. The second-order valence-corrected chi connectivity index (χ2v) is 7.78. The smallest absolute Gasteiger partial charge is 0.259 e. The zero-order chi connectivity index (χ0) is 17.5. The van der Waals surface area contributed by atoms with Crippen LogP contribution in [0.1, 0.15) is 33.5 Å². The Bertz CT molecular complexity index is 850. The first-order valence-corrected chi connectivity index (χ1v) is 9.33. The Hall–Kier alpha value is -2.20. The molecular weight excluding hydrogens is 334 g/mol. The molecule has 0 fully saturated rings. The molecule has 24 heavy (non-hydrogen) atoms. The van der Waals surface area contributed by atoms with Crippen molar-refractivity contribution >= 4 is 15.9 Å². The molecule has 1 aliphatic rings. The molecule has 0 aromatic carbocycles. The summed E-state index contributed by atoms with van der Waals surface area (Å²) in [6.45, 7) is 4.38. The highest BCUT2D eigenvalue weighted by molar-refractivity contribution is 7.88. The highest BCUT2D eigenvalue weighted by atomic mass is 32.2. The minimum Gasteiger partial charge on any atom is -0.361 e. The van der Waals surface area contributed by atoms with Crippen molar-refractivity contribution in [1.29, 1.82) is 0 Å². The van der Waals surface area contributed by atoms with Crippen LogP contribution in [0.5, 0.6) is 0 Å².